The quantitative estimate of drug-likeness (QED) is 0.605. The number of hydrogen-bond donors (Lipinski definition) is 1. The molecule has 0 aromatic rings. The summed E-state index contributed by atoms with van der Waals surface area (Å²) >= 11 is 0. The lowest BCUT2D eigenvalue weighted by Crippen LogP contribution is -2.42. The number of hydrogen-bond acceptors (Lipinski definition) is 4. The Labute approximate surface area is 97.9 Å². The normalized spacial score (nSPS) is 19.1. The summed E-state index contributed by atoms with van der Waals surface area (Å²) in [6.07, 6.45) is 4.17. The third-order valence-corrected chi connectivity index (χ3v) is 2.74. The van der Waals surface area contributed by atoms with Gasteiger partial charge in [0.15, 0.2) is 0 Å². The van der Waals surface area contributed by atoms with E-state index in [2.05, 4.69) is 11.4 Å². The molecule has 1 aliphatic carbocycles. The maximum absolute atomic E-state index is 9.13. The second kappa shape index (κ2) is 6.85. The van der Waals surface area contributed by atoms with Gasteiger partial charge in [-0.1, -0.05) is 0 Å². The van der Waals surface area contributed by atoms with E-state index in [9.17, 15) is 0 Å². The van der Waals surface area contributed by atoms with Crippen LogP contribution in [0.2, 0.25) is 0 Å². The van der Waals surface area contributed by atoms with Crippen LogP contribution in [0.25, 0.3) is 0 Å². The molecule has 1 saturated carbocycles. The van der Waals surface area contributed by atoms with E-state index < -0.39 is 0 Å². The number of methoxy groups -OCH3 is 1. The van der Waals surface area contributed by atoms with Crippen LogP contribution in [-0.4, -0.2) is 38.5 Å². The monoisotopic (exact) mass is 226 g/mol. The lowest BCUT2D eigenvalue weighted by molar-refractivity contribution is 0.0670. The molecule has 16 heavy (non-hydrogen) atoms. The molecule has 0 radical (unpaired) electrons. The van der Waals surface area contributed by atoms with Gasteiger partial charge < -0.3 is 9.47 Å². The summed E-state index contributed by atoms with van der Waals surface area (Å²) in [5.41, 5.74) is -0.383. The smallest absolute Gasteiger partial charge is 0.104 e. The van der Waals surface area contributed by atoms with E-state index >= 15 is 0 Å². The molecule has 4 nitrogen and oxygen atoms in total. The fourth-order valence-electron chi connectivity index (χ4n) is 1.61. The Morgan fingerprint density at radius 3 is 2.69 bits per heavy atom. The first kappa shape index (κ1) is 13.4. The molecule has 0 aromatic heterocycles. The van der Waals surface area contributed by atoms with E-state index in [-0.39, 0.29) is 5.54 Å². The van der Waals surface area contributed by atoms with Crippen molar-refractivity contribution in [3.05, 3.63) is 0 Å². The second-order valence-electron chi connectivity index (χ2n) is 4.57. The highest BCUT2D eigenvalue weighted by Crippen LogP contribution is 2.24. The summed E-state index contributed by atoms with van der Waals surface area (Å²) in [4.78, 5) is 0. The van der Waals surface area contributed by atoms with Gasteiger partial charge in [-0.05, 0) is 32.6 Å². The van der Waals surface area contributed by atoms with Gasteiger partial charge in [0.25, 0.3) is 0 Å². The number of ether oxygens (including phenoxy) is 2. The molecule has 0 aromatic carbocycles. The van der Waals surface area contributed by atoms with E-state index in [1.165, 1.54) is 12.8 Å². The highest BCUT2D eigenvalue weighted by molar-refractivity contribution is 5.06. The van der Waals surface area contributed by atoms with Crippen LogP contribution in [0.5, 0.6) is 0 Å². The first-order chi connectivity index (χ1) is 7.70. The van der Waals surface area contributed by atoms with Gasteiger partial charge in [0.05, 0.1) is 19.3 Å². The first-order valence-electron chi connectivity index (χ1n) is 5.96. The van der Waals surface area contributed by atoms with Crippen LogP contribution >= 0.6 is 0 Å². The number of rotatable bonds is 9. The molecule has 1 rings (SSSR count). The zero-order valence-corrected chi connectivity index (χ0v) is 10.3. The average Bonchev–Trinajstić information content (AvgIpc) is 3.07. The highest BCUT2D eigenvalue weighted by atomic mass is 16.5. The third-order valence-electron chi connectivity index (χ3n) is 2.74. The van der Waals surface area contributed by atoms with Crippen LogP contribution in [0.4, 0.5) is 0 Å². The van der Waals surface area contributed by atoms with Crippen molar-refractivity contribution >= 4 is 0 Å². The van der Waals surface area contributed by atoms with Crippen molar-refractivity contribution in [3.8, 4) is 6.07 Å². The van der Waals surface area contributed by atoms with Crippen molar-refractivity contribution < 1.29 is 9.47 Å². The molecule has 1 unspecified atom stereocenters. The van der Waals surface area contributed by atoms with Gasteiger partial charge in [-0.15, -0.1) is 0 Å². The van der Waals surface area contributed by atoms with Gasteiger partial charge in [0.2, 0.25) is 0 Å². The van der Waals surface area contributed by atoms with Crippen LogP contribution in [0, 0.1) is 11.3 Å². The molecule has 0 aliphatic heterocycles. The van der Waals surface area contributed by atoms with Crippen molar-refractivity contribution in [1.82, 2.24) is 5.32 Å². The Morgan fingerprint density at radius 2 is 2.12 bits per heavy atom. The topological polar surface area (TPSA) is 54.3 Å². The Bertz CT molecular complexity index is 236. The molecular weight excluding hydrogens is 204 g/mol. The van der Waals surface area contributed by atoms with Crippen LogP contribution in [0.15, 0.2) is 0 Å². The van der Waals surface area contributed by atoms with Gasteiger partial charge in [-0.3, -0.25) is 5.32 Å². The molecule has 92 valence electrons. The minimum atomic E-state index is -0.383. The number of nitrogens with one attached hydrogen (secondary N) is 1. The lowest BCUT2D eigenvalue weighted by atomic mass is 9.98. The summed E-state index contributed by atoms with van der Waals surface area (Å²) in [5, 5.41) is 12.5. The van der Waals surface area contributed by atoms with E-state index in [4.69, 9.17) is 14.7 Å². The van der Waals surface area contributed by atoms with Crippen molar-refractivity contribution in [2.24, 2.45) is 0 Å². The van der Waals surface area contributed by atoms with Crippen molar-refractivity contribution in [2.75, 3.05) is 26.9 Å². The zero-order chi connectivity index (χ0) is 11.9. The zero-order valence-electron chi connectivity index (χ0n) is 10.3. The minimum Gasteiger partial charge on any atom is -0.382 e. The van der Waals surface area contributed by atoms with Crippen LogP contribution in [-0.2, 0) is 9.47 Å². The van der Waals surface area contributed by atoms with Crippen molar-refractivity contribution in [1.29, 1.82) is 5.26 Å². The molecule has 1 N–H and O–H groups in total. The SMILES string of the molecule is COCCOCCCC(C)(C#N)NC1CC1. The fourth-order valence-corrected chi connectivity index (χ4v) is 1.61. The molecule has 1 fully saturated rings. The van der Waals surface area contributed by atoms with Gasteiger partial charge in [0, 0.05) is 19.8 Å². The minimum absolute atomic E-state index is 0.383. The molecule has 0 saturated heterocycles. The van der Waals surface area contributed by atoms with Crippen LogP contribution in [0.3, 0.4) is 0 Å². The summed E-state index contributed by atoms with van der Waals surface area (Å²) in [6, 6.07) is 2.93. The van der Waals surface area contributed by atoms with E-state index in [0.29, 0.717) is 25.9 Å². The van der Waals surface area contributed by atoms with E-state index in [1.807, 2.05) is 6.92 Å². The molecule has 1 atom stereocenters. The number of nitrogens with zero attached hydrogens (tertiary/aromatic N) is 1. The molecule has 0 spiro atoms. The highest BCUT2D eigenvalue weighted by Gasteiger charge is 2.31. The molecule has 0 heterocycles. The average molecular weight is 226 g/mol. The summed E-state index contributed by atoms with van der Waals surface area (Å²) in [6.45, 7) is 3.94. The van der Waals surface area contributed by atoms with Gasteiger partial charge >= 0.3 is 0 Å². The van der Waals surface area contributed by atoms with Crippen LogP contribution < -0.4 is 5.32 Å². The summed E-state index contributed by atoms with van der Waals surface area (Å²) in [7, 11) is 1.66. The van der Waals surface area contributed by atoms with Crippen LogP contribution in [0.1, 0.15) is 32.6 Å². The Morgan fingerprint density at radius 1 is 1.38 bits per heavy atom. The third kappa shape index (κ3) is 5.45. The molecule has 1 aliphatic rings. The maximum Gasteiger partial charge on any atom is 0.104 e. The first-order valence-corrected chi connectivity index (χ1v) is 5.96. The molecule has 0 bridgehead atoms. The Kier molecular flexibility index (Phi) is 5.75. The maximum atomic E-state index is 9.13. The summed E-state index contributed by atoms with van der Waals surface area (Å²) < 4.78 is 10.3. The lowest BCUT2D eigenvalue weighted by Gasteiger charge is -2.23. The Hall–Kier alpha value is -0.630. The largest absolute Gasteiger partial charge is 0.382 e. The van der Waals surface area contributed by atoms with Crippen molar-refractivity contribution in [2.45, 2.75) is 44.2 Å². The summed E-state index contributed by atoms with van der Waals surface area (Å²) in [5.74, 6) is 0. The standard InChI is InChI=1S/C12H22N2O2/c1-12(10-13,14-11-4-5-11)6-3-7-16-9-8-15-2/h11,14H,3-9H2,1-2H3. The van der Waals surface area contributed by atoms with Gasteiger partial charge in [-0.25, -0.2) is 0 Å². The number of nitriles is 1. The Balaban J connectivity index is 2.06. The van der Waals surface area contributed by atoms with E-state index in [0.717, 1.165) is 12.8 Å². The van der Waals surface area contributed by atoms with Gasteiger partial charge in [0.1, 0.15) is 5.54 Å². The van der Waals surface area contributed by atoms with E-state index in [1.54, 1.807) is 7.11 Å². The molecule has 4 heteroatoms. The molecular formula is C12H22N2O2. The van der Waals surface area contributed by atoms with Gasteiger partial charge in [-0.2, -0.15) is 5.26 Å². The second-order valence-corrected chi connectivity index (χ2v) is 4.57. The molecule has 0 amide bonds. The predicted molar refractivity (Wildman–Crippen MR) is 62.1 cm³/mol. The predicted octanol–water partition coefficient (Wildman–Crippen LogP) is 1.46. The fraction of sp³-hybridized carbons (Fsp3) is 0.917. The van der Waals surface area contributed by atoms with Crippen molar-refractivity contribution in [3.63, 3.8) is 0 Å².